The third kappa shape index (κ3) is 4.14. The second-order valence-corrected chi connectivity index (χ2v) is 7.75. The van der Waals surface area contributed by atoms with Gasteiger partial charge in [-0.1, -0.05) is 23.2 Å². The van der Waals surface area contributed by atoms with Crippen molar-refractivity contribution in [2.24, 2.45) is 0 Å². The predicted octanol–water partition coefficient (Wildman–Crippen LogP) is 3.49. The molecule has 0 unspecified atom stereocenters. The molecule has 1 amide bonds. The van der Waals surface area contributed by atoms with Gasteiger partial charge in [0.25, 0.3) is 5.91 Å². The Balaban J connectivity index is 1.55. The van der Waals surface area contributed by atoms with Crippen LogP contribution in [0.1, 0.15) is 21.7 Å². The highest BCUT2D eigenvalue weighted by atomic mass is 35.5. The summed E-state index contributed by atoms with van der Waals surface area (Å²) >= 11 is 13.0. The van der Waals surface area contributed by atoms with Crippen LogP contribution in [-0.4, -0.2) is 38.5 Å². The van der Waals surface area contributed by atoms with Crippen LogP contribution in [-0.2, 0) is 0 Å². The van der Waals surface area contributed by atoms with Gasteiger partial charge in [-0.05, 0) is 19.9 Å². The van der Waals surface area contributed by atoms with Crippen molar-refractivity contribution in [3.8, 4) is 5.82 Å². The highest BCUT2D eigenvalue weighted by molar-refractivity contribution is 7.20. The van der Waals surface area contributed by atoms with Gasteiger partial charge in [-0.3, -0.25) is 9.36 Å². The largest absolute Gasteiger partial charge is 0.368 e. The fourth-order valence-corrected chi connectivity index (χ4v) is 3.72. The molecule has 0 fully saturated rings. The molecular weight excluding hydrogens is 395 g/mol. The summed E-state index contributed by atoms with van der Waals surface area (Å²) in [7, 11) is 0. The lowest BCUT2D eigenvalue weighted by Gasteiger charge is -2.09. The summed E-state index contributed by atoms with van der Waals surface area (Å²) in [5.41, 5.74) is 2.36. The number of imidazole rings is 1. The third-order valence-electron chi connectivity index (χ3n) is 3.77. The Hall–Kier alpha value is -2.16. The maximum Gasteiger partial charge on any atom is 0.253 e. The molecule has 3 aromatic rings. The topological polar surface area (TPSA) is 84.7 Å². The number of carbonyl (C=O) groups is 1. The molecule has 0 saturated heterocycles. The molecule has 136 valence electrons. The summed E-state index contributed by atoms with van der Waals surface area (Å²) in [5.74, 6) is 1.13. The summed E-state index contributed by atoms with van der Waals surface area (Å²) < 4.78 is 2.76. The first kappa shape index (κ1) is 18.6. The van der Waals surface area contributed by atoms with Crippen LogP contribution >= 0.6 is 34.5 Å². The normalized spacial score (nSPS) is 10.8. The smallest absolute Gasteiger partial charge is 0.253 e. The molecule has 2 N–H and O–H groups in total. The van der Waals surface area contributed by atoms with Gasteiger partial charge < -0.3 is 10.6 Å². The third-order valence-corrected chi connectivity index (χ3v) is 5.26. The second-order valence-electron chi connectivity index (χ2n) is 5.47. The zero-order chi connectivity index (χ0) is 18.7. The zero-order valence-electron chi connectivity index (χ0n) is 14.1. The van der Waals surface area contributed by atoms with Crippen molar-refractivity contribution >= 4 is 46.3 Å². The van der Waals surface area contributed by atoms with Gasteiger partial charge in [0, 0.05) is 24.8 Å². The van der Waals surface area contributed by atoms with Crippen molar-refractivity contribution < 1.29 is 4.79 Å². The van der Waals surface area contributed by atoms with Gasteiger partial charge in [0.05, 0.1) is 15.6 Å². The summed E-state index contributed by atoms with van der Waals surface area (Å²) in [6, 6.07) is 3.38. The average Bonchev–Trinajstić information content (AvgIpc) is 3.13. The maximum absolute atomic E-state index is 12.1. The van der Waals surface area contributed by atoms with E-state index in [4.69, 9.17) is 23.2 Å². The lowest BCUT2D eigenvalue weighted by molar-refractivity contribution is 0.0956. The van der Waals surface area contributed by atoms with Gasteiger partial charge in [0.15, 0.2) is 0 Å². The number of carbonyl (C=O) groups excluding carboxylic acids is 1. The van der Waals surface area contributed by atoms with Gasteiger partial charge in [0.1, 0.15) is 28.6 Å². The molecule has 10 heteroatoms. The molecule has 7 nitrogen and oxygen atoms in total. The monoisotopic (exact) mass is 410 g/mol. The predicted molar refractivity (Wildman–Crippen MR) is 104 cm³/mol. The Bertz CT molecular complexity index is 939. The number of amides is 1. The molecule has 0 spiro atoms. The first-order valence-electron chi connectivity index (χ1n) is 7.75. The van der Waals surface area contributed by atoms with Gasteiger partial charge in [-0.2, -0.15) is 0 Å². The van der Waals surface area contributed by atoms with E-state index in [0.717, 1.165) is 17.2 Å². The average molecular weight is 411 g/mol. The number of nitrogens with zero attached hydrogens (tertiary/aromatic N) is 4. The molecule has 26 heavy (non-hydrogen) atoms. The Morgan fingerprint density at radius 1 is 1.19 bits per heavy atom. The van der Waals surface area contributed by atoms with Gasteiger partial charge in [0.2, 0.25) is 0 Å². The number of anilines is 1. The first-order valence-corrected chi connectivity index (χ1v) is 9.33. The number of aryl methyl sites for hydroxylation is 1. The molecule has 3 heterocycles. The fourth-order valence-electron chi connectivity index (χ4n) is 2.26. The number of rotatable bonds is 6. The summed E-state index contributed by atoms with van der Waals surface area (Å²) in [5, 5.41) is 5.94. The molecule has 0 aromatic carbocycles. The molecule has 3 aromatic heterocycles. The Morgan fingerprint density at radius 2 is 2.00 bits per heavy atom. The molecule has 0 saturated carbocycles. The Morgan fingerprint density at radius 3 is 2.65 bits per heavy atom. The van der Waals surface area contributed by atoms with E-state index >= 15 is 0 Å². The molecule has 0 atom stereocenters. The van der Waals surface area contributed by atoms with E-state index in [1.165, 1.54) is 17.7 Å². The summed E-state index contributed by atoms with van der Waals surface area (Å²) in [6.07, 6.45) is 3.21. The highest BCUT2D eigenvalue weighted by Crippen LogP contribution is 2.30. The standard InChI is InChI=1S/C16H16Cl2N6OS/c1-9-10(2)24(8-23-9)14-6-13(21-7-22-14)19-3-4-20-16(25)11-5-12(17)26-15(11)18/h5-8H,3-4H2,1-2H3,(H,20,25)(H,19,21,22). The van der Waals surface area contributed by atoms with Crippen molar-refractivity contribution in [1.82, 2.24) is 24.8 Å². The van der Waals surface area contributed by atoms with Crippen LogP contribution in [0.3, 0.4) is 0 Å². The second kappa shape index (κ2) is 8.03. The van der Waals surface area contributed by atoms with Crippen molar-refractivity contribution in [3.63, 3.8) is 0 Å². The summed E-state index contributed by atoms with van der Waals surface area (Å²) in [6.45, 7) is 4.83. The summed E-state index contributed by atoms with van der Waals surface area (Å²) in [4.78, 5) is 24.8. The lowest BCUT2D eigenvalue weighted by atomic mass is 10.3. The minimum atomic E-state index is -0.257. The minimum absolute atomic E-state index is 0.257. The Labute approximate surface area is 164 Å². The van der Waals surface area contributed by atoms with Crippen LogP contribution in [0.2, 0.25) is 8.67 Å². The minimum Gasteiger partial charge on any atom is -0.368 e. The first-order chi connectivity index (χ1) is 12.5. The lowest BCUT2D eigenvalue weighted by Crippen LogP contribution is -2.28. The van der Waals surface area contributed by atoms with Crippen LogP contribution in [0, 0.1) is 13.8 Å². The van der Waals surface area contributed by atoms with Gasteiger partial charge in [-0.15, -0.1) is 11.3 Å². The number of halogens is 2. The number of hydrogen-bond acceptors (Lipinski definition) is 6. The maximum atomic E-state index is 12.1. The number of aromatic nitrogens is 4. The molecule has 3 rings (SSSR count). The molecule has 0 bridgehead atoms. The molecule has 0 radical (unpaired) electrons. The van der Waals surface area contributed by atoms with E-state index in [2.05, 4.69) is 25.6 Å². The van der Waals surface area contributed by atoms with E-state index in [9.17, 15) is 4.79 Å². The van der Waals surface area contributed by atoms with E-state index in [-0.39, 0.29) is 5.91 Å². The SMILES string of the molecule is Cc1ncn(-c2cc(NCCNC(=O)c3cc(Cl)sc3Cl)ncn2)c1C. The Kier molecular flexibility index (Phi) is 5.75. The van der Waals surface area contributed by atoms with Crippen LogP contribution in [0.15, 0.2) is 24.8 Å². The van der Waals surface area contributed by atoms with Crippen molar-refractivity contribution in [2.75, 3.05) is 18.4 Å². The zero-order valence-corrected chi connectivity index (χ0v) is 16.4. The van der Waals surface area contributed by atoms with Crippen LogP contribution < -0.4 is 10.6 Å². The van der Waals surface area contributed by atoms with Crippen molar-refractivity contribution in [1.29, 1.82) is 0 Å². The quantitative estimate of drug-likeness (QED) is 0.607. The van der Waals surface area contributed by atoms with E-state index in [1.54, 1.807) is 12.4 Å². The van der Waals surface area contributed by atoms with Gasteiger partial charge in [-0.25, -0.2) is 15.0 Å². The van der Waals surface area contributed by atoms with Crippen LogP contribution in [0.5, 0.6) is 0 Å². The van der Waals surface area contributed by atoms with Gasteiger partial charge >= 0.3 is 0 Å². The number of nitrogens with one attached hydrogen (secondary N) is 2. The van der Waals surface area contributed by atoms with E-state index in [0.29, 0.717) is 33.1 Å². The van der Waals surface area contributed by atoms with Crippen LogP contribution in [0.25, 0.3) is 5.82 Å². The molecular formula is C16H16Cl2N6OS. The van der Waals surface area contributed by atoms with Crippen molar-refractivity contribution in [3.05, 3.63) is 50.4 Å². The van der Waals surface area contributed by atoms with E-state index < -0.39 is 0 Å². The molecule has 0 aliphatic carbocycles. The highest BCUT2D eigenvalue weighted by Gasteiger charge is 2.13. The van der Waals surface area contributed by atoms with Crippen molar-refractivity contribution in [2.45, 2.75) is 13.8 Å². The molecule has 0 aliphatic heterocycles. The fraction of sp³-hybridized carbons (Fsp3) is 0.250. The number of hydrogen-bond donors (Lipinski definition) is 2. The van der Waals surface area contributed by atoms with Crippen LogP contribution in [0.4, 0.5) is 5.82 Å². The number of thiophene rings is 1. The van der Waals surface area contributed by atoms with E-state index in [1.807, 2.05) is 24.5 Å². The molecule has 0 aliphatic rings.